The number of benzene rings is 1. The summed E-state index contributed by atoms with van der Waals surface area (Å²) in [6.07, 6.45) is -0.0139. The van der Waals surface area contributed by atoms with Crippen molar-refractivity contribution >= 4 is 27.6 Å². The highest BCUT2D eigenvalue weighted by atomic mass is 32.2. The molecule has 1 aromatic rings. The van der Waals surface area contributed by atoms with Gasteiger partial charge in [0.05, 0.1) is 24.1 Å². The van der Waals surface area contributed by atoms with E-state index in [1.54, 1.807) is 0 Å². The van der Waals surface area contributed by atoms with Crippen LogP contribution < -0.4 is 4.72 Å². The van der Waals surface area contributed by atoms with Gasteiger partial charge in [-0.3, -0.25) is 9.52 Å². The number of phenolic OH excluding ortho intramolecular Hbond substituents is 1. The number of nitrogens with one attached hydrogen (secondary N) is 1. The lowest BCUT2D eigenvalue weighted by atomic mass is 10.2. The molecule has 21 heavy (non-hydrogen) atoms. The molecule has 0 amide bonds. The zero-order valence-electron chi connectivity index (χ0n) is 11.2. The highest BCUT2D eigenvalue weighted by Crippen LogP contribution is 2.25. The minimum atomic E-state index is -3.81. The molecule has 0 bridgehead atoms. The van der Waals surface area contributed by atoms with Crippen LogP contribution in [0.2, 0.25) is 0 Å². The monoisotopic (exact) mass is 317 g/mol. The summed E-state index contributed by atoms with van der Waals surface area (Å²) in [7, 11) is -2.62. The Bertz CT molecular complexity index is 639. The number of esters is 1. The molecule has 0 radical (unpaired) electrons. The number of carbonyl (C=O) groups excluding carboxylic acids is 1. The normalized spacial score (nSPS) is 10.9. The Hall–Kier alpha value is -2.29. The fourth-order valence-corrected chi connectivity index (χ4v) is 2.60. The first-order chi connectivity index (χ1) is 9.75. The number of rotatable bonds is 7. The summed E-state index contributed by atoms with van der Waals surface area (Å²) in [6.45, 7) is 0. The number of carbonyl (C=O) groups is 2. The van der Waals surface area contributed by atoms with Crippen molar-refractivity contribution in [1.82, 2.24) is 0 Å². The molecule has 0 aliphatic rings. The second-order valence-electron chi connectivity index (χ2n) is 4.14. The Kier molecular flexibility index (Phi) is 5.53. The third-order valence-corrected chi connectivity index (χ3v) is 3.89. The van der Waals surface area contributed by atoms with Crippen molar-refractivity contribution in [3.8, 4) is 5.75 Å². The number of anilines is 1. The maximum atomic E-state index is 11.8. The fraction of sp³-hybridized carbons (Fsp3) is 0.333. The van der Waals surface area contributed by atoms with Crippen LogP contribution in [-0.4, -0.2) is 43.4 Å². The van der Waals surface area contributed by atoms with Gasteiger partial charge in [-0.05, 0) is 24.6 Å². The summed E-state index contributed by atoms with van der Waals surface area (Å²) in [4.78, 5) is 21.7. The summed E-state index contributed by atoms with van der Waals surface area (Å²) in [5.74, 6) is -2.53. The lowest BCUT2D eigenvalue weighted by molar-refractivity contribution is -0.140. The van der Waals surface area contributed by atoms with Gasteiger partial charge in [0, 0.05) is 6.42 Å². The number of hydrogen-bond donors (Lipinski definition) is 3. The second kappa shape index (κ2) is 6.93. The van der Waals surface area contributed by atoms with E-state index in [2.05, 4.69) is 9.46 Å². The van der Waals surface area contributed by atoms with Crippen LogP contribution in [0.25, 0.3) is 0 Å². The van der Waals surface area contributed by atoms with Gasteiger partial charge in [-0.15, -0.1) is 0 Å². The highest BCUT2D eigenvalue weighted by molar-refractivity contribution is 7.92. The van der Waals surface area contributed by atoms with Crippen molar-refractivity contribution in [2.75, 3.05) is 17.6 Å². The van der Waals surface area contributed by atoms with E-state index in [1.165, 1.54) is 7.11 Å². The molecule has 0 saturated carbocycles. The molecule has 0 heterocycles. The van der Waals surface area contributed by atoms with E-state index in [4.69, 9.17) is 5.11 Å². The Labute approximate surface area is 121 Å². The summed E-state index contributed by atoms with van der Waals surface area (Å²) in [5.41, 5.74) is -0.395. The number of carboxylic acids is 1. The number of carboxylic acid groups (broad SMARTS) is 1. The number of phenols is 1. The molecule has 0 saturated heterocycles. The Balaban J connectivity index is 2.77. The van der Waals surface area contributed by atoms with E-state index in [0.717, 1.165) is 18.2 Å². The number of sulfonamides is 1. The number of ether oxygens (including phenoxy) is 1. The first-order valence-electron chi connectivity index (χ1n) is 5.89. The van der Waals surface area contributed by atoms with Gasteiger partial charge < -0.3 is 14.9 Å². The molecule has 116 valence electrons. The summed E-state index contributed by atoms with van der Waals surface area (Å²) in [5, 5.41) is 18.4. The first-order valence-corrected chi connectivity index (χ1v) is 7.54. The Morgan fingerprint density at radius 1 is 1.33 bits per heavy atom. The Morgan fingerprint density at radius 2 is 2.00 bits per heavy atom. The Morgan fingerprint density at radius 3 is 2.57 bits per heavy atom. The smallest absolute Gasteiger partial charge is 0.335 e. The molecule has 0 aromatic heterocycles. The standard InChI is InChI=1S/C12H15NO7S/c1-20-11(15)3-2-6-21(18,19)13-9-7-8(12(16)17)4-5-10(9)14/h4-5,7,13-14H,2-3,6H2,1H3,(H,16,17). The summed E-state index contributed by atoms with van der Waals surface area (Å²) < 4.78 is 30.0. The van der Waals surface area contributed by atoms with Gasteiger partial charge in [-0.2, -0.15) is 0 Å². The molecule has 0 aliphatic heterocycles. The van der Waals surface area contributed by atoms with E-state index in [9.17, 15) is 23.1 Å². The maximum Gasteiger partial charge on any atom is 0.335 e. The van der Waals surface area contributed by atoms with E-state index in [1.807, 2.05) is 0 Å². The molecule has 3 N–H and O–H groups in total. The van der Waals surface area contributed by atoms with Crippen molar-refractivity contribution in [1.29, 1.82) is 0 Å². The molecule has 8 nitrogen and oxygen atoms in total. The largest absolute Gasteiger partial charge is 0.506 e. The van der Waals surface area contributed by atoms with Crippen LogP contribution in [0, 0.1) is 0 Å². The fourth-order valence-electron chi connectivity index (χ4n) is 1.48. The molecule has 0 fully saturated rings. The zero-order valence-corrected chi connectivity index (χ0v) is 12.0. The van der Waals surface area contributed by atoms with Crippen molar-refractivity contribution in [3.63, 3.8) is 0 Å². The molecule has 0 aliphatic carbocycles. The van der Waals surface area contributed by atoms with Gasteiger partial charge in [0.2, 0.25) is 10.0 Å². The number of aromatic carboxylic acids is 1. The maximum absolute atomic E-state index is 11.8. The third kappa shape index (κ3) is 5.30. The first kappa shape index (κ1) is 16.8. The van der Waals surface area contributed by atoms with Crippen molar-refractivity contribution < 1.29 is 33.0 Å². The lowest BCUT2D eigenvalue weighted by Gasteiger charge is -2.10. The van der Waals surface area contributed by atoms with E-state index in [-0.39, 0.29) is 29.8 Å². The lowest BCUT2D eigenvalue weighted by Crippen LogP contribution is -2.18. The van der Waals surface area contributed by atoms with Gasteiger partial charge in [-0.1, -0.05) is 0 Å². The van der Waals surface area contributed by atoms with Crippen LogP contribution in [0.5, 0.6) is 5.75 Å². The van der Waals surface area contributed by atoms with Crippen LogP contribution in [0.3, 0.4) is 0 Å². The second-order valence-corrected chi connectivity index (χ2v) is 5.98. The highest BCUT2D eigenvalue weighted by Gasteiger charge is 2.15. The molecule has 0 spiro atoms. The van der Waals surface area contributed by atoms with E-state index < -0.39 is 27.7 Å². The van der Waals surface area contributed by atoms with Crippen LogP contribution in [0.1, 0.15) is 23.2 Å². The van der Waals surface area contributed by atoms with Gasteiger partial charge in [0.15, 0.2) is 0 Å². The average molecular weight is 317 g/mol. The van der Waals surface area contributed by atoms with Crippen LogP contribution >= 0.6 is 0 Å². The summed E-state index contributed by atoms with van der Waals surface area (Å²) >= 11 is 0. The van der Waals surface area contributed by atoms with Crippen molar-refractivity contribution in [3.05, 3.63) is 23.8 Å². The van der Waals surface area contributed by atoms with Crippen LogP contribution in [-0.2, 0) is 19.6 Å². The van der Waals surface area contributed by atoms with E-state index in [0.29, 0.717) is 0 Å². The molecule has 0 atom stereocenters. The van der Waals surface area contributed by atoms with Gasteiger partial charge in [-0.25, -0.2) is 13.2 Å². The van der Waals surface area contributed by atoms with Crippen molar-refractivity contribution in [2.45, 2.75) is 12.8 Å². The zero-order chi connectivity index (χ0) is 16.0. The molecular weight excluding hydrogens is 302 g/mol. The molecule has 1 rings (SSSR count). The predicted octanol–water partition coefficient (Wildman–Crippen LogP) is 0.785. The van der Waals surface area contributed by atoms with Crippen LogP contribution in [0.15, 0.2) is 18.2 Å². The average Bonchev–Trinajstić information content (AvgIpc) is 2.40. The predicted molar refractivity (Wildman–Crippen MR) is 73.7 cm³/mol. The van der Waals surface area contributed by atoms with Gasteiger partial charge >= 0.3 is 11.9 Å². The quantitative estimate of drug-likeness (QED) is 0.500. The molecular formula is C12H15NO7S. The minimum Gasteiger partial charge on any atom is -0.506 e. The minimum absolute atomic E-state index is 0.0430. The molecule has 1 aromatic carbocycles. The molecule has 0 unspecified atom stereocenters. The van der Waals surface area contributed by atoms with Gasteiger partial charge in [0.25, 0.3) is 0 Å². The summed E-state index contributed by atoms with van der Waals surface area (Å²) in [6, 6.07) is 3.23. The van der Waals surface area contributed by atoms with Crippen LogP contribution in [0.4, 0.5) is 5.69 Å². The third-order valence-electron chi connectivity index (χ3n) is 2.53. The van der Waals surface area contributed by atoms with Gasteiger partial charge in [0.1, 0.15) is 5.75 Å². The SMILES string of the molecule is COC(=O)CCCS(=O)(=O)Nc1cc(C(=O)O)ccc1O. The van der Waals surface area contributed by atoms with Crippen molar-refractivity contribution in [2.24, 2.45) is 0 Å². The van der Waals surface area contributed by atoms with E-state index >= 15 is 0 Å². The molecule has 9 heteroatoms. The topological polar surface area (TPSA) is 130 Å². The number of hydrogen-bond acceptors (Lipinski definition) is 6. The number of methoxy groups -OCH3 is 1. The number of aromatic hydroxyl groups is 1.